The van der Waals surface area contributed by atoms with E-state index in [1.165, 1.54) is 25.7 Å². The predicted octanol–water partition coefficient (Wildman–Crippen LogP) is 2.24. The highest BCUT2D eigenvalue weighted by molar-refractivity contribution is 5.03. The van der Waals surface area contributed by atoms with Crippen LogP contribution < -0.4 is 5.73 Å². The van der Waals surface area contributed by atoms with Crippen LogP contribution in [0.4, 0.5) is 0 Å². The normalized spacial score (nSPS) is 32.1. The predicted molar refractivity (Wildman–Crippen MR) is 62.3 cm³/mol. The van der Waals surface area contributed by atoms with Crippen LogP contribution in [0.25, 0.3) is 0 Å². The van der Waals surface area contributed by atoms with Crippen LogP contribution in [0.1, 0.15) is 46.5 Å². The van der Waals surface area contributed by atoms with Crippen molar-refractivity contribution in [1.29, 1.82) is 0 Å². The van der Waals surface area contributed by atoms with Crippen molar-refractivity contribution in [2.75, 3.05) is 20.1 Å². The van der Waals surface area contributed by atoms with Crippen LogP contribution in [0.5, 0.6) is 0 Å². The van der Waals surface area contributed by atoms with E-state index in [1.807, 2.05) is 0 Å². The molecule has 1 aliphatic carbocycles. The molecule has 0 amide bonds. The van der Waals surface area contributed by atoms with Crippen LogP contribution in [0.3, 0.4) is 0 Å². The summed E-state index contributed by atoms with van der Waals surface area (Å²) in [5.41, 5.74) is 6.65. The van der Waals surface area contributed by atoms with Crippen LogP contribution in [-0.2, 0) is 0 Å². The Labute approximate surface area is 88.8 Å². The van der Waals surface area contributed by atoms with Gasteiger partial charge >= 0.3 is 0 Å². The lowest BCUT2D eigenvalue weighted by Crippen LogP contribution is -2.62. The van der Waals surface area contributed by atoms with Gasteiger partial charge in [-0.2, -0.15) is 0 Å². The number of nitrogens with two attached hydrogens (primary N) is 1. The summed E-state index contributed by atoms with van der Waals surface area (Å²) in [5, 5.41) is 0. The fourth-order valence-corrected chi connectivity index (χ4v) is 3.10. The number of rotatable bonds is 3. The van der Waals surface area contributed by atoms with Crippen LogP contribution in [0.2, 0.25) is 0 Å². The zero-order valence-corrected chi connectivity index (χ0v) is 10.3. The van der Waals surface area contributed by atoms with Gasteiger partial charge in [0.1, 0.15) is 0 Å². The molecular formula is C12H26N2. The van der Waals surface area contributed by atoms with Gasteiger partial charge in [0, 0.05) is 12.1 Å². The zero-order valence-electron chi connectivity index (χ0n) is 10.3. The van der Waals surface area contributed by atoms with Crippen LogP contribution in [-0.4, -0.2) is 30.6 Å². The van der Waals surface area contributed by atoms with Crippen molar-refractivity contribution in [3.63, 3.8) is 0 Å². The fraction of sp³-hybridized carbons (Fsp3) is 1.00. The standard InChI is InChI=1S/C12H26N2/c1-5-14(4)12(10-13)9-7-6-8-11(12,2)3/h5-10,13H2,1-4H3. The van der Waals surface area contributed by atoms with Gasteiger partial charge in [0.15, 0.2) is 0 Å². The Hall–Kier alpha value is -0.0800. The Balaban J connectivity index is 2.94. The van der Waals surface area contributed by atoms with Gasteiger partial charge < -0.3 is 5.73 Å². The molecule has 2 heteroatoms. The van der Waals surface area contributed by atoms with Crippen molar-refractivity contribution in [3.05, 3.63) is 0 Å². The molecule has 0 aromatic heterocycles. The second-order valence-electron chi connectivity index (χ2n) is 5.34. The molecule has 0 aromatic carbocycles. The van der Waals surface area contributed by atoms with Crippen molar-refractivity contribution in [3.8, 4) is 0 Å². The van der Waals surface area contributed by atoms with Gasteiger partial charge in [-0.15, -0.1) is 0 Å². The van der Waals surface area contributed by atoms with Gasteiger partial charge in [-0.25, -0.2) is 0 Å². The summed E-state index contributed by atoms with van der Waals surface area (Å²) in [5.74, 6) is 0. The molecule has 0 aromatic rings. The average molecular weight is 198 g/mol. The minimum absolute atomic E-state index is 0.236. The van der Waals surface area contributed by atoms with Gasteiger partial charge in [0.25, 0.3) is 0 Å². The van der Waals surface area contributed by atoms with Crippen LogP contribution in [0, 0.1) is 5.41 Å². The molecule has 1 saturated carbocycles. The highest BCUT2D eigenvalue weighted by Crippen LogP contribution is 2.46. The lowest BCUT2D eigenvalue weighted by atomic mass is 9.62. The quantitative estimate of drug-likeness (QED) is 0.753. The first-order valence-electron chi connectivity index (χ1n) is 5.91. The summed E-state index contributed by atoms with van der Waals surface area (Å²) >= 11 is 0. The van der Waals surface area contributed by atoms with Gasteiger partial charge in [0.05, 0.1) is 0 Å². The van der Waals surface area contributed by atoms with Gasteiger partial charge in [0.2, 0.25) is 0 Å². The molecule has 84 valence electrons. The molecule has 0 radical (unpaired) electrons. The minimum atomic E-state index is 0.236. The van der Waals surface area contributed by atoms with Crippen molar-refractivity contribution in [2.45, 2.75) is 52.0 Å². The van der Waals surface area contributed by atoms with Crippen molar-refractivity contribution >= 4 is 0 Å². The summed E-state index contributed by atoms with van der Waals surface area (Å²) in [6.07, 6.45) is 5.28. The molecule has 0 aliphatic heterocycles. The van der Waals surface area contributed by atoms with Crippen LogP contribution >= 0.6 is 0 Å². The molecule has 1 unspecified atom stereocenters. The molecule has 0 bridgehead atoms. The smallest absolute Gasteiger partial charge is 0.0379 e. The van der Waals surface area contributed by atoms with E-state index >= 15 is 0 Å². The highest BCUT2D eigenvalue weighted by Gasteiger charge is 2.47. The lowest BCUT2D eigenvalue weighted by molar-refractivity contribution is -0.0258. The lowest BCUT2D eigenvalue weighted by Gasteiger charge is -2.54. The van der Waals surface area contributed by atoms with E-state index in [2.05, 4.69) is 32.7 Å². The second-order valence-corrected chi connectivity index (χ2v) is 5.34. The third-order valence-corrected chi connectivity index (χ3v) is 4.44. The molecule has 1 atom stereocenters. The molecule has 0 spiro atoms. The number of hydrogen-bond donors (Lipinski definition) is 1. The maximum Gasteiger partial charge on any atom is 0.0379 e. The summed E-state index contributed by atoms with van der Waals surface area (Å²) in [6, 6.07) is 0. The molecular weight excluding hydrogens is 172 g/mol. The third-order valence-electron chi connectivity index (χ3n) is 4.44. The summed E-state index contributed by atoms with van der Waals surface area (Å²) in [4.78, 5) is 2.46. The number of nitrogens with zero attached hydrogens (tertiary/aromatic N) is 1. The van der Waals surface area contributed by atoms with Gasteiger partial charge in [-0.05, 0) is 31.8 Å². The van der Waals surface area contributed by atoms with E-state index in [0.29, 0.717) is 5.41 Å². The first-order valence-corrected chi connectivity index (χ1v) is 5.91. The van der Waals surface area contributed by atoms with Crippen molar-refractivity contribution in [1.82, 2.24) is 4.90 Å². The van der Waals surface area contributed by atoms with Crippen molar-refractivity contribution in [2.24, 2.45) is 11.1 Å². The second kappa shape index (κ2) is 4.19. The number of likely N-dealkylation sites (N-methyl/N-ethyl adjacent to an activating group) is 1. The fourth-order valence-electron chi connectivity index (χ4n) is 3.10. The zero-order chi connectivity index (χ0) is 10.8. The van der Waals surface area contributed by atoms with E-state index in [0.717, 1.165) is 13.1 Å². The Morgan fingerprint density at radius 2 is 1.79 bits per heavy atom. The van der Waals surface area contributed by atoms with E-state index in [-0.39, 0.29) is 5.54 Å². The van der Waals surface area contributed by atoms with E-state index in [4.69, 9.17) is 5.73 Å². The monoisotopic (exact) mass is 198 g/mol. The Kier molecular flexibility index (Phi) is 3.59. The molecule has 0 saturated heterocycles. The average Bonchev–Trinajstić information content (AvgIpc) is 2.16. The molecule has 1 rings (SSSR count). The summed E-state index contributed by atoms with van der Waals surface area (Å²) in [6.45, 7) is 8.88. The minimum Gasteiger partial charge on any atom is -0.329 e. The van der Waals surface area contributed by atoms with E-state index in [1.54, 1.807) is 0 Å². The first kappa shape index (κ1) is 12.0. The first-order chi connectivity index (χ1) is 6.50. The molecule has 1 fully saturated rings. The number of hydrogen-bond acceptors (Lipinski definition) is 2. The maximum atomic E-state index is 6.05. The molecule has 14 heavy (non-hydrogen) atoms. The van der Waals surface area contributed by atoms with Gasteiger partial charge in [-0.3, -0.25) is 4.90 Å². The van der Waals surface area contributed by atoms with Crippen LogP contribution in [0.15, 0.2) is 0 Å². The molecule has 1 aliphatic rings. The SMILES string of the molecule is CCN(C)C1(CN)CCCCC1(C)C. The summed E-state index contributed by atoms with van der Waals surface area (Å²) < 4.78 is 0. The Bertz CT molecular complexity index is 189. The Morgan fingerprint density at radius 3 is 2.21 bits per heavy atom. The van der Waals surface area contributed by atoms with Crippen molar-refractivity contribution < 1.29 is 0 Å². The third kappa shape index (κ3) is 1.70. The summed E-state index contributed by atoms with van der Waals surface area (Å²) in [7, 11) is 2.22. The topological polar surface area (TPSA) is 29.3 Å². The highest BCUT2D eigenvalue weighted by atomic mass is 15.2. The molecule has 0 heterocycles. The largest absolute Gasteiger partial charge is 0.329 e. The van der Waals surface area contributed by atoms with Gasteiger partial charge in [-0.1, -0.05) is 33.6 Å². The molecule has 2 nitrogen and oxygen atoms in total. The van der Waals surface area contributed by atoms with E-state index in [9.17, 15) is 0 Å². The van der Waals surface area contributed by atoms with E-state index < -0.39 is 0 Å². The maximum absolute atomic E-state index is 6.05. The Morgan fingerprint density at radius 1 is 1.21 bits per heavy atom. The molecule has 2 N–H and O–H groups in total.